The largest absolute Gasteiger partial charge is 0.394 e. The fraction of sp³-hybridized carbons (Fsp3) is 0.857. The lowest BCUT2D eigenvalue weighted by Gasteiger charge is -2.24. The minimum Gasteiger partial charge on any atom is -0.394 e. The summed E-state index contributed by atoms with van der Waals surface area (Å²) in [5.74, 6) is -2.63. The van der Waals surface area contributed by atoms with Crippen LogP contribution in [0.1, 0.15) is 0 Å². The van der Waals surface area contributed by atoms with Crippen molar-refractivity contribution in [3.05, 3.63) is 0 Å². The van der Waals surface area contributed by atoms with Crippen molar-refractivity contribution in [2.24, 2.45) is 5.92 Å². The van der Waals surface area contributed by atoms with Crippen LogP contribution >= 0.6 is 7.60 Å². The first kappa shape index (κ1) is 15.7. The number of rotatable bonds is 7. The maximum atomic E-state index is 11.1. The van der Waals surface area contributed by atoms with E-state index in [1.807, 2.05) is 0 Å². The van der Waals surface area contributed by atoms with Crippen LogP contribution in [-0.4, -0.2) is 67.6 Å². The quantitative estimate of drug-likeness (QED) is 0.265. The third-order valence-corrected chi connectivity index (χ3v) is 2.87. The number of aliphatic hydroxyl groups is 4. The van der Waals surface area contributed by atoms with Crippen LogP contribution in [0.5, 0.6) is 0 Å². The minimum atomic E-state index is -4.58. The number of hydrogen-bond donors (Lipinski definition) is 6. The van der Waals surface area contributed by atoms with Gasteiger partial charge in [-0.25, -0.2) is 0 Å². The molecule has 0 unspecified atom stereocenters. The highest BCUT2D eigenvalue weighted by Crippen LogP contribution is 2.38. The van der Waals surface area contributed by atoms with Crippen molar-refractivity contribution in [1.29, 1.82) is 0 Å². The van der Waals surface area contributed by atoms with E-state index in [0.29, 0.717) is 0 Å². The van der Waals surface area contributed by atoms with Gasteiger partial charge in [-0.2, -0.15) is 0 Å². The van der Waals surface area contributed by atoms with Gasteiger partial charge in [0.1, 0.15) is 12.7 Å². The Morgan fingerprint density at radius 1 is 1.19 bits per heavy atom. The predicted octanol–water partition coefficient (Wildman–Crippen LogP) is -2.94. The highest BCUT2D eigenvalue weighted by molar-refractivity contribution is 7.51. The van der Waals surface area contributed by atoms with Crippen LogP contribution in [0.4, 0.5) is 0 Å². The Bertz CT molecular complexity index is 274. The normalized spacial score (nSPS) is 17.9. The molecule has 9 heteroatoms. The van der Waals surface area contributed by atoms with Gasteiger partial charge in [-0.1, -0.05) is 0 Å². The summed E-state index contributed by atoms with van der Waals surface area (Å²) in [6.07, 6.45) is -4.53. The molecule has 0 aliphatic heterocycles. The molecule has 0 aliphatic carbocycles. The standard InChI is InChI=1S/C7H15O8P/c8-1-5(10)4(3-16(13,14)15)7(12)6(11)2-9/h4,6-9,11-12H,1-3H2,(H2,13,14,15)/t4-,6-,7+/m1/s1. The van der Waals surface area contributed by atoms with Crippen LogP contribution in [-0.2, 0) is 9.36 Å². The van der Waals surface area contributed by atoms with Gasteiger partial charge in [-0.05, 0) is 0 Å². The molecule has 0 aliphatic rings. The molecule has 0 spiro atoms. The Morgan fingerprint density at radius 3 is 2.00 bits per heavy atom. The topological polar surface area (TPSA) is 156 Å². The Balaban J connectivity index is 4.80. The van der Waals surface area contributed by atoms with Crippen LogP contribution in [0.25, 0.3) is 0 Å². The first-order valence-corrected chi connectivity index (χ1v) is 6.17. The van der Waals surface area contributed by atoms with Crippen molar-refractivity contribution >= 4 is 13.4 Å². The fourth-order valence-electron chi connectivity index (χ4n) is 1.15. The molecule has 8 nitrogen and oxygen atoms in total. The molecule has 0 aromatic rings. The SMILES string of the molecule is O=C(CO)[C@@H](CP(=O)(O)O)[C@H](O)[C@H](O)CO. The lowest BCUT2D eigenvalue weighted by atomic mass is 9.96. The van der Waals surface area contributed by atoms with Gasteiger partial charge in [-0.15, -0.1) is 0 Å². The van der Waals surface area contributed by atoms with Crippen LogP contribution in [0.15, 0.2) is 0 Å². The van der Waals surface area contributed by atoms with Crippen molar-refractivity contribution < 1.29 is 39.6 Å². The van der Waals surface area contributed by atoms with Gasteiger partial charge in [0.05, 0.1) is 24.8 Å². The van der Waals surface area contributed by atoms with Crippen molar-refractivity contribution in [3.8, 4) is 0 Å². The number of Topliss-reactive ketones (excluding diaryl/α,β-unsaturated/α-hetero) is 1. The monoisotopic (exact) mass is 258 g/mol. The number of hydrogen-bond acceptors (Lipinski definition) is 6. The number of ketones is 1. The van der Waals surface area contributed by atoms with Gasteiger partial charge in [-0.3, -0.25) is 9.36 Å². The lowest BCUT2D eigenvalue weighted by molar-refractivity contribution is -0.132. The molecule has 0 fully saturated rings. The summed E-state index contributed by atoms with van der Waals surface area (Å²) in [6, 6.07) is 0. The molecule has 0 amide bonds. The van der Waals surface area contributed by atoms with E-state index < -0.39 is 50.9 Å². The molecule has 0 saturated heterocycles. The molecule has 6 N–H and O–H groups in total. The average molecular weight is 258 g/mol. The predicted molar refractivity (Wildman–Crippen MR) is 51.6 cm³/mol. The van der Waals surface area contributed by atoms with E-state index >= 15 is 0 Å². The Morgan fingerprint density at radius 2 is 1.69 bits per heavy atom. The zero-order valence-electron chi connectivity index (χ0n) is 8.30. The number of carbonyl (C=O) groups excluding carboxylic acids is 1. The molecule has 0 aromatic carbocycles. The van der Waals surface area contributed by atoms with Gasteiger partial charge in [0.2, 0.25) is 0 Å². The second-order valence-electron chi connectivity index (χ2n) is 3.32. The second kappa shape index (κ2) is 6.41. The number of aliphatic hydroxyl groups excluding tert-OH is 4. The molecule has 3 atom stereocenters. The van der Waals surface area contributed by atoms with Crippen molar-refractivity contribution in [3.63, 3.8) is 0 Å². The van der Waals surface area contributed by atoms with Crippen LogP contribution in [0, 0.1) is 5.92 Å². The summed E-state index contributed by atoms with van der Waals surface area (Å²) >= 11 is 0. The van der Waals surface area contributed by atoms with Gasteiger partial charge in [0, 0.05) is 0 Å². The van der Waals surface area contributed by atoms with Crippen molar-refractivity contribution in [1.82, 2.24) is 0 Å². The van der Waals surface area contributed by atoms with E-state index in [1.165, 1.54) is 0 Å². The molecule has 96 valence electrons. The van der Waals surface area contributed by atoms with E-state index in [0.717, 1.165) is 0 Å². The summed E-state index contributed by atoms with van der Waals surface area (Å²) in [7, 11) is -4.58. The van der Waals surface area contributed by atoms with Crippen LogP contribution in [0.3, 0.4) is 0 Å². The summed E-state index contributed by atoms with van der Waals surface area (Å²) in [5.41, 5.74) is 0. The summed E-state index contributed by atoms with van der Waals surface area (Å²) < 4.78 is 10.7. The Kier molecular flexibility index (Phi) is 6.27. The second-order valence-corrected chi connectivity index (χ2v) is 5.01. The molecular formula is C7H15O8P. The first-order chi connectivity index (χ1) is 7.22. The molecule has 0 heterocycles. The Labute approximate surface area is 91.3 Å². The van der Waals surface area contributed by atoms with Gasteiger partial charge in [0.15, 0.2) is 5.78 Å². The van der Waals surface area contributed by atoms with E-state index in [-0.39, 0.29) is 0 Å². The molecule has 0 rings (SSSR count). The molecule has 0 saturated carbocycles. The fourth-order valence-corrected chi connectivity index (χ4v) is 2.08. The minimum absolute atomic E-state index is 0.864. The van der Waals surface area contributed by atoms with Crippen molar-refractivity contribution in [2.45, 2.75) is 12.2 Å². The third kappa shape index (κ3) is 5.13. The van der Waals surface area contributed by atoms with E-state index in [1.54, 1.807) is 0 Å². The molecule has 0 aromatic heterocycles. The average Bonchev–Trinajstić information content (AvgIpc) is 2.21. The van der Waals surface area contributed by atoms with E-state index in [4.69, 9.17) is 25.1 Å². The zero-order valence-corrected chi connectivity index (χ0v) is 9.19. The van der Waals surface area contributed by atoms with E-state index in [2.05, 4.69) is 0 Å². The van der Waals surface area contributed by atoms with E-state index in [9.17, 15) is 14.5 Å². The maximum Gasteiger partial charge on any atom is 0.326 e. The smallest absolute Gasteiger partial charge is 0.326 e. The summed E-state index contributed by atoms with van der Waals surface area (Å²) in [5, 5.41) is 35.5. The van der Waals surface area contributed by atoms with Crippen LogP contribution < -0.4 is 0 Å². The molecular weight excluding hydrogens is 243 g/mol. The highest BCUT2D eigenvalue weighted by Gasteiger charge is 2.36. The first-order valence-electron chi connectivity index (χ1n) is 4.38. The van der Waals surface area contributed by atoms with Gasteiger partial charge in [0.25, 0.3) is 0 Å². The van der Waals surface area contributed by atoms with Gasteiger partial charge < -0.3 is 30.2 Å². The summed E-state index contributed by atoms with van der Waals surface area (Å²) in [4.78, 5) is 28.4. The lowest BCUT2D eigenvalue weighted by Crippen LogP contribution is -2.42. The molecule has 0 bridgehead atoms. The zero-order chi connectivity index (χ0) is 12.9. The molecule has 0 radical (unpaired) electrons. The van der Waals surface area contributed by atoms with Crippen LogP contribution in [0.2, 0.25) is 0 Å². The highest BCUT2D eigenvalue weighted by atomic mass is 31.2. The maximum absolute atomic E-state index is 11.1. The van der Waals surface area contributed by atoms with Crippen molar-refractivity contribution in [2.75, 3.05) is 19.4 Å². The Hall–Kier alpha value is -0.340. The third-order valence-electron chi connectivity index (χ3n) is 2.00. The molecule has 16 heavy (non-hydrogen) atoms. The van der Waals surface area contributed by atoms with Gasteiger partial charge >= 0.3 is 7.60 Å². The summed E-state index contributed by atoms with van der Waals surface area (Å²) in [6.45, 7) is -1.88. The number of carbonyl (C=O) groups is 1.